The molecule has 0 aliphatic carbocycles. The molecule has 0 bridgehead atoms. The molecule has 5 heteroatoms. The number of hydrogen-bond acceptors (Lipinski definition) is 4. The molecule has 0 amide bonds. The van der Waals surface area contributed by atoms with E-state index < -0.39 is 0 Å². The highest BCUT2D eigenvalue weighted by Crippen LogP contribution is 2.10. The van der Waals surface area contributed by atoms with Crippen molar-refractivity contribution in [3.05, 3.63) is 22.7 Å². The molecule has 96 valence electrons. The monoisotopic (exact) mass is 239 g/mol. The molecule has 2 N–H and O–H groups in total. The van der Waals surface area contributed by atoms with E-state index in [0.717, 1.165) is 0 Å². The Kier molecular flexibility index (Phi) is 4.28. The minimum Gasteiger partial charge on any atom is -0.396 e. The molecule has 0 fully saturated rings. The lowest BCUT2D eigenvalue weighted by atomic mass is 10.1. The van der Waals surface area contributed by atoms with Gasteiger partial charge >= 0.3 is 0 Å². The molecular formula is C12H21N3O2. The average molecular weight is 239 g/mol. The van der Waals surface area contributed by atoms with E-state index in [4.69, 9.17) is 5.11 Å². The molecule has 0 aliphatic rings. The normalized spacial score (nSPS) is 13.5. The second kappa shape index (κ2) is 5.31. The fourth-order valence-electron chi connectivity index (χ4n) is 1.40. The number of rotatable bonds is 4. The van der Waals surface area contributed by atoms with Crippen molar-refractivity contribution in [3.63, 3.8) is 0 Å². The Morgan fingerprint density at radius 2 is 2.18 bits per heavy atom. The number of nitrogens with zero attached hydrogens (tertiary/aromatic N) is 2. The highest BCUT2D eigenvalue weighted by molar-refractivity contribution is 5.31. The van der Waals surface area contributed by atoms with Crippen LogP contribution in [0.5, 0.6) is 0 Å². The summed E-state index contributed by atoms with van der Waals surface area (Å²) in [5.74, 6) is 0.433. The van der Waals surface area contributed by atoms with Crippen molar-refractivity contribution in [3.8, 4) is 0 Å². The first-order valence-corrected chi connectivity index (χ1v) is 5.79. The average Bonchev–Trinajstić information content (AvgIpc) is 2.25. The van der Waals surface area contributed by atoms with Crippen LogP contribution in [0.2, 0.25) is 0 Å². The van der Waals surface area contributed by atoms with Crippen molar-refractivity contribution in [2.45, 2.75) is 33.2 Å². The van der Waals surface area contributed by atoms with Gasteiger partial charge in [-0.3, -0.25) is 4.79 Å². The summed E-state index contributed by atoms with van der Waals surface area (Å²) in [5.41, 5.74) is -0.399. The highest BCUT2D eigenvalue weighted by atomic mass is 16.3. The minimum absolute atomic E-state index is 0.0906. The van der Waals surface area contributed by atoms with Gasteiger partial charge in [0.05, 0.1) is 0 Å². The quantitative estimate of drug-likeness (QED) is 0.824. The van der Waals surface area contributed by atoms with E-state index in [1.165, 1.54) is 0 Å². The van der Waals surface area contributed by atoms with Gasteiger partial charge in [0.1, 0.15) is 0 Å². The first kappa shape index (κ1) is 13.7. The van der Waals surface area contributed by atoms with Crippen molar-refractivity contribution < 1.29 is 5.11 Å². The number of aliphatic hydroxyl groups is 1. The Hall–Kier alpha value is -1.36. The van der Waals surface area contributed by atoms with Crippen LogP contribution in [0.25, 0.3) is 0 Å². The molecule has 0 spiro atoms. The Morgan fingerprint density at radius 3 is 2.71 bits per heavy atom. The lowest BCUT2D eigenvalue weighted by Crippen LogP contribution is -2.35. The largest absolute Gasteiger partial charge is 0.396 e. The van der Waals surface area contributed by atoms with Gasteiger partial charge < -0.3 is 15.0 Å². The van der Waals surface area contributed by atoms with Gasteiger partial charge in [-0.25, -0.2) is 4.98 Å². The maximum atomic E-state index is 12.1. The molecule has 0 radical (unpaired) electrons. The predicted molar refractivity (Wildman–Crippen MR) is 68.2 cm³/mol. The van der Waals surface area contributed by atoms with Crippen LogP contribution in [0.15, 0.2) is 17.2 Å². The van der Waals surface area contributed by atoms with Crippen LogP contribution in [0.3, 0.4) is 0 Å². The van der Waals surface area contributed by atoms with Crippen LogP contribution < -0.4 is 10.9 Å². The zero-order chi connectivity index (χ0) is 13.1. The van der Waals surface area contributed by atoms with Gasteiger partial charge in [0.25, 0.3) is 5.56 Å². The zero-order valence-corrected chi connectivity index (χ0v) is 10.9. The lowest BCUT2D eigenvalue weighted by Gasteiger charge is -2.22. The van der Waals surface area contributed by atoms with Crippen molar-refractivity contribution in [1.29, 1.82) is 0 Å². The van der Waals surface area contributed by atoms with Crippen LogP contribution in [0.4, 0.5) is 5.82 Å². The van der Waals surface area contributed by atoms with E-state index in [9.17, 15) is 4.79 Å². The fourth-order valence-corrected chi connectivity index (χ4v) is 1.40. The third kappa shape index (κ3) is 3.56. The van der Waals surface area contributed by atoms with Crippen molar-refractivity contribution in [2.24, 2.45) is 5.92 Å². The van der Waals surface area contributed by atoms with Crippen molar-refractivity contribution in [2.75, 3.05) is 18.5 Å². The third-order valence-corrected chi connectivity index (χ3v) is 2.49. The predicted octanol–water partition coefficient (Wildman–Crippen LogP) is 1.04. The first-order valence-electron chi connectivity index (χ1n) is 5.79. The molecule has 5 nitrogen and oxygen atoms in total. The number of aromatic nitrogens is 2. The molecule has 0 saturated heterocycles. The van der Waals surface area contributed by atoms with Gasteiger partial charge in [0.15, 0.2) is 5.82 Å². The summed E-state index contributed by atoms with van der Waals surface area (Å²) in [4.78, 5) is 16.1. The third-order valence-electron chi connectivity index (χ3n) is 2.49. The van der Waals surface area contributed by atoms with E-state index in [0.29, 0.717) is 12.4 Å². The molecule has 1 aromatic rings. The van der Waals surface area contributed by atoms with Crippen LogP contribution in [0.1, 0.15) is 27.7 Å². The molecule has 1 rings (SSSR count). The maximum Gasteiger partial charge on any atom is 0.293 e. The fraction of sp³-hybridized carbons (Fsp3) is 0.667. The summed E-state index contributed by atoms with van der Waals surface area (Å²) in [6.45, 7) is 8.43. The smallest absolute Gasteiger partial charge is 0.293 e. The molecule has 1 unspecified atom stereocenters. The van der Waals surface area contributed by atoms with Crippen molar-refractivity contribution in [1.82, 2.24) is 9.55 Å². The number of nitrogens with one attached hydrogen (secondary N) is 1. The Labute approximate surface area is 102 Å². The number of aliphatic hydroxyl groups excluding tert-OH is 1. The van der Waals surface area contributed by atoms with E-state index in [1.54, 1.807) is 17.0 Å². The highest BCUT2D eigenvalue weighted by Gasteiger charge is 2.16. The summed E-state index contributed by atoms with van der Waals surface area (Å²) in [5, 5.41) is 11.9. The second-order valence-corrected chi connectivity index (χ2v) is 5.29. The van der Waals surface area contributed by atoms with Crippen LogP contribution in [-0.2, 0) is 5.54 Å². The molecule has 1 atom stereocenters. The molecule has 0 aromatic carbocycles. The van der Waals surface area contributed by atoms with Crippen LogP contribution >= 0.6 is 0 Å². The minimum atomic E-state index is -0.265. The summed E-state index contributed by atoms with van der Waals surface area (Å²) in [6.07, 6.45) is 3.29. The Balaban J connectivity index is 2.92. The van der Waals surface area contributed by atoms with E-state index in [2.05, 4.69) is 10.3 Å². The van der Waals surface area contributed by atoms with E-state index in [-0.39, 0.29) is 23.6 Å². The first-order chi connectivity index (χ1) is 7.86. The van der Waals surface area contributed by atoms with Crippen LogP contribution in [-0.4, -0.2) is 27.8 Å². The summed E-state index contributed by atoms with van der Waals surface area (Å²) >= 11 is 0. The van der Waals surface area contributed by atoms with E-state index in [1.807, 2.05) is 27.7 Å². The molecule has 0 aliphatic heterocycles. The number of anilines is 1. The molecule has 1 aromatic heterocycles. The standard InChI is InChI=1S/C12H21N3O2/c1-9(8-16)7-14-10-11(17)15(6-5-13-10)12(2,3)4/h5-6,9,16H,7-8H2,1-4H3,(H,13,14). The molecular weight excluding hydrogens is 218 g/mol. The van der Waals surface area contributed by atoms with Gasteiger partial charge in [0, 0.05) is 31.1 Å². The second-order valence-electron chi connectivity index (χ2n) is 5.29. The molecule has 0 saturated carbocycles. The SMILES string of the molecule is CC(CO)CNc1nccn(C(C)(C)C)c1=O. The van der Waals surface area contributed by atoms with E-state index >= 15 is 0 Å². The topological polar surface area (TPSA) is 67.2 Å². The maximum absolute atomic E-state index is 12.1. The molecule has 17 heavy (non-hydrogen) atoms. The zero-order valence-electron chi connectivity index (χ0n) is 10.9. The van der Waals surface area contributed by atoms with Gasteiger partial charge in [0.2, 0.25) is 0 Å². The Morgan fingerprint density at radius 1 is 1.53 bits per heavy atom. The van der Waals surface area contributed by atoms with Gasteiger partial charge in [-0.05, 0) is 26.7 Å². The number of hydrogen-bond donors (Lipinski definition) is 2. The summed E-state index contributed by atoms with van der Waals surface area (Å²) in [7, 11) is 0. The van der Waals surface area contributed by atoms with Gasteiger partial charge in [-0.2, -0.15) is 0 Å². The summed E-state index contributed by atoms with van der Waals surface area (Å²) < 4.78 is 1.64. The summed E-state index contributed by atoms with van der Waals surface area (Å²) in [6, 6.07) is 0. The van der Waals surface area contributed by atoms with Gasteiger partial charge in [-0.1, -0.05) is 6.92 Å². The van der Waals surface area contributed by atoms with Crippen LogP contribution in [0, 0.1) is 5.92 Å². The van der Waals surface area contributed by atoms with Gasteiger partial charge in [-0.15, -0.1) is 0 Å². The van der Waals surface area contributed by atoms with Crippen molar-refractivity contribution >= 4 is 5.82 Å². The molecule has 1 heterocycles. The lowest BCUT2D eigenvalue weighted by molar-refractivity contribution is 0.244. The Bertz CT molecular complexity index is 420.